The molecular formula is C31H82O21Si16. The first-order valence-corrected chi connectivity index (χ1v) is 63.9. The van der Waals surface area contributed by atoms with Gasteiger partial charge in [0.25, 0.3) is 0 Å². The zero-order valence-electron chi connectivity index (χ0n) is 44.8. The van der Waals surface area contributed by atoms with Gasteiger partial charge >= 0.3 is 72.4 Å². The first-order valence-electron chi connectivity index (χ1n) is 23.9. The van der Waals surface area contributed by atoms with Gasteiger partial charge in [0.2, 0.25) is 0 Å². The normalized spacial score (nSPS) is 41.4. The van der Waals surface area contributed by atoms with Crippen LogP contribution in [0.5, 0.6) is 0 Å². The summed E-state index contributed by atoms with van der Waals surface area (Å²) in [6.45, 7) is 45.7. The molecule has 0 radical (unpaired) electrons. The summed E-state index contributed by atoms with van der Waals surface area (Å²) in [5.74, 6) is 0.381. The SMILES string of the molecule is C[Si](C)(C)O[Si]12O[Si]3(O[Si](C)(C)C)O[Si]4(O[Si](C)(C)C)O[Si](O[Si](C)(C)C)(O1)O[Si]1(O[Si](C)(C)C)O[Si](O[Si](C)(C)C)(O2)O[Si](O[Si](C)(C)C)(O3)O[Si](O[Si](C)(C)CCC2CCCC3OC23)(O4)O1. The Bertz CT molecular complexity index is 1680. The number of hydrogen-bond donors (Lipinski definition) is 0. The van der Waals surface area contributed by atoms with Gasteiger partial charge in [0, 0.05) is 0 Å². The molecule has 7 saturated heterocycles. The highest BCUT2D eigenvalue weighted by Gasteiger charge is 2.92. The van der Waals surface area contributed by atoms with Crippen molar-refractivity contribution < 1.29 is 87.0 Å². The maximum atomic E-state index is 7.60. The molecule has 3 atom stereocenters. The van der Waals surface area contributed by atoms with Crippen molar-refractivity contribution in [1.29, 1.82) is 0 Å². The van der Waals surface area contributed by atoms with Gasteiger partial charge in [0.1, 0.15) is 0 Å². The van der Waals surface area contributed by atoms with Crippen molar-refractivity contribution in [2.75, 3.05) is 0 Å². The molecule has 0 amide bonds. The van der Waals surface area contributed by atoms with E-state index < -0.39 is 139 Å². The minimum absolute atomic E-state index is 0.252. The summed E-state index contributed by atoms with van der Waals surface area (Å²) < 4.78 is 154. The summed E-state index contributed by atoms with van der Waals surface area (Å²) in [5.41, 5.74) is 0. The number of hydrogen-bond acceptors (Lipinski definition) is 21. The number of fused-ring (bicyclic) bond motifs is 1. The Kier molecular flexibility index (Phi) is 15.8. The lowest BCUT2D eigenvalue weighted by atomic mass is 9.87. The molecule has 68 heavy (non-hydrogen) atoms. The van der Waals surface area contributed by atoms with Gasteiger partial charge in [0.05, 0.1) is 12.2 Å². The lowest BCUT2D eigenvalue weighted by Gasteiger charge is -2.60. The molecule has 1 saturated carbocycles. The molecule has 8 aliphatic rings. The van der Waals surface area contributed by atoms with Crippen LogP contribution in [-0.2, 0) is 87.0 Å². The number of epoxide rings is 1. The molecule has 8 bridgehead atoms. The molecule has 7 aliphatic heterocycles. The smallest absolute Gasteiger partial charge is 0.396 e. The Balaban J connectivity index is 1.60. The second kappa shape index (κ2) is 18.4. The molecule has 0 N–H and O–H groups in total. The summed E-state index contributed by atoms with van der Waals surface area (Å²) in [5, 5.41) is 0. The van der Waals surface area contributed by atoms with E-state index in [1.165, 1.54) is 0 Å². The first-order chi connectivity index (χ1) is 30.2. The van der Waals surface area contributed by atoms with E-state index in [9.17, 15) is 0 Å². The van der Waals surface area contributed by atoms with Gasteiger partial charge in [-0.15, -0.1) is 0 Å². The molecular weight excluding hydrogens is 1160 g/mol. The molecule has 8 rings (SSSR count). The van der Waals surface area contributed by atoms with E-state index in [-0.39, 0.29) is 6.10 Å². The van der Waals surface area contributed by atoms with Crippen molar-refractivity contribution in [2.45, 2.75) is 195 Å². The third-order valence-electron chi connectivity index (χ3n) is 9.69. The quantitative estimate of drug-likeness (QED) is 0.0893. The molecule has 37 heteroatoms. The highest BCUT2D eigenvalue weighted by atomic mass is 28.7. The molecule has 396 valence electrons. The van der Waals surface area contributed by atoms with Gasteiger partial charge in [-0.25, -0.2) is 0 Å². The highest BCUT2D eigenvalue weighted by Crippen LogP contribution is 2.53. The Labute approximate surface area is 423 Å². The van der Waals surface area contributed by atoms with Crippen LogP contribution < -0.4 is 0 Å². The molecule has 0 spiro atoms. The third kappa shape index (κ3) is 15.0. The molecule has 21 nitrogen and oxygen atoms in total. The number of ether oxygens (including phenoxy) is 1. The Morgan fingerprint density at radius 3 is 0.765 bits per heavy atom. The zero-order valence-corrected chi connectivity index (χ0v) is 60.8. The summed E-state index contributed by atoms with van der Waals surface area (Å²) in [6, 6.07) is 0.681. The highest BCUT2D eigenvalue weighted by molar-refractivity contribution is 7.04. The average molecular weight is 1240 g/mol. The fraction of sp³-hybridized carbons (Fsp3) is 1.00. The van der Waals surface area contributed by atoms with Gasteiger partial charge < -0.3 is 87.0 Å². The lowest BCUT2D eigenvalue weighted by Crippen LogP contribution is -2.93. The first kappa shape index (κ1) is 58.3. The summed E-state index contributed by atoms with van der Waals surface area (Å²) in [4.78, 5) is 0. The number of rotatable bonds is 19. The van der Waals surface area contributed by atoms with Crippen LogP contribution in [0, 0.1) is 5.92 Å². The van der Waals surface area contributed by atoms with E-state index >= 15 is 0 Å². The predicted molar refractivity (Wildman–Crippen MR) is 284 cm³/mol. The Hall–Kier alpha value is 2.63. The maximum absolute atomic E-state index is 7.60. The van der Waals surface area contributed by atoms with Crippen molar-refractivity contribution in [3.8, 4) is 0 Å². The van der Waals surface area contributed by atoms with Crippen LogP contribution in [-0.4, -0.2) is 151 Å². The van der Waals surface area contributed by atoms with E-state index in [2.05, 4.69) is 13.1 Å². The van der Waals surface area contributed by atoms with Crippen LogP contribution in [0.25, 0.3) is 0 Å². The predicted octanol–water partition coefficient (Wildman–Crippen LogP) is 7.88. The Morgan fingerprint density at radius 1 is 0.324 bits per heavy atom. The molecule has 3 unspecified atom stereocenters. The maximum Gasteiger partial charge on any atom is 0.651 e. The van der Waals surface area contributed by atoms with Gasteiger partial charge in [-0.05, 0) is 182 Å². The molecule has 0 aromatic heterocycles. The van der Waals surface area contributed by atoms with Crippen molar-refractivity contribution in [1.82, 2.24) is 0 Å². The van der Waals surface area contributed by atoms with Crippen molar-refractivity contribution >= 4 is 139 Å². The monoisotopic (exact) mass is 1240 g/mol. The van der Waals surface area contributed by atoms with Crippen LogP contribution in [0.2, 0.25) is 157 Å². The van der Waals surface area contributed by atoms with E-state index in [0.717, 1.165) is 25.7 Å². The summed E-state index contributed by atoms with van der Waals surface area (Å²) in [6.07, 6.45) is 4.72. The third-order valence-corrected chi connectivity index (χ3v) is 62.5. The van der Waals surface area contributed by atoms with Crippen molar-refractivity contribution in [3.63, 3.8) is 0 Å². The van der Waals surface area contributed by atoms with Crippen LogP contribution in [0.3, 0.4) is 0 Å². The van der Waals surface area contributed by atoms with E-state index in [1.54, 1.807) is 0 Å². The van der Waals surface area contributed by atoms with Crippen LogP contribution in [0.15, 0.2) is 0 Å². The van der Waals surface area contributed by atoms with E-state index in [0.29, 0.717) is 18.1 Å². The molecule has 1 aliphatic carbocycles. The van der Waals surface area contributed by atoms with Gasteiger partial charge in [-0.3, -0.25) is 0 Å². The second-order valence-electron chi connectivity index (χ2n) is 26.0. The second-order valence-corrected chi connectivity index (χ2v) is 83.9. The van der Waals surface area contributed by atoms with Crippen LogP contribution in [0.4, 0.5) is 0 Å². The van der Waals surface area contributed by atoms with Crippen LogP contribution in [0.1, 0.15) is 25.7 Å². The fourth-order valence-electron chi connectivity index (χ4n) is 8.24. The summed E-state index contributed by atoms with van der Waals surface area (Å²) in [7, 11) is -63.7. The zero-order chi connectivity index (χ0) is 51.1. The lowest BCUT2D eigenvalue weighted by molar-refractivity contribution is -0.129. The minimum Gasteiger partial charge on any atom is -0.396 e. The Morgan fingerprint density at radius 2 is 0.544 bits per heavy atom. The van der Waals surface area contributed by atoms with Crippen LogP contribution >= 0.6 is 0 Å². The standard InChI is InChI=1S/C31H82O21Si16/c1-53(2,3)33-61-41-62(34-54(4,5)6)44-65(37-57(13,14)15)46-63(42-61,35-55(7,8)9)48-67(39-59(19,20)21)49-64(43-61,36-56(10,11)12)47-66(45-62,38-58(16,17)18)51-68(50-65,52-67)40-60(22,23)28-27-29-25-24-26-30-31(29)32-30/h29-31H,24-28H2,1-23H3. The minimum atomic E-state index is -5.12. The molecule has 0 aromatic carbocycles. The van der Waals surface area contributed by atoms with Gasteiger partial charge in [0.15, 0.2) is 66.5 Å². The van der Waals surface area contributed by atoms with E-state index in [1.807, 2.05) is 137 Å². The molecule has 0 aromatic rings. The molecule has 8 fully saturated rings. The largest absolute Gasteiger partial charge is 0.651 e. The molecule has 7 heterocycles. The van der Waals surface area contributed by atoms with Crippen molar-refractivity contribution in [2.24, 2.45) is 5.92 Å². The van der Waals surface area contributed by atoms with Gasteiger partial charge in [-0.2, -0.15) is 0 Å². The average Bonchev–Trinajstić information content (AvgIpc) is 3.74. The fourth-order valence-corrected chi connectivity index (χ4v) is 74.1. The summed E-state index contributed by atoms with van der Waals surface area (Å²) >= 11 is 0. The van der Waals surface area contributed by atoms with Crippen molar-refractivity contribution in [3.05, 3.63) is 0 Å². The van der Waals surface area contributed by atoms with Gasteiger partial charge in [-0.1, -0.05) is 6.42 Å². The van der Waals surface area contributed by atoms with E-state index in [4.69, 9.17) is 87.0 Å². The topological polar surface area (TPSA) is 197 Å².